The average molecular weight is 126 g/mol. The zero-order valence-corrected chi connectivity index (χ0v) is 6.94. The van der Waals surface area contributed by atoms with Gasteiger partial charge in [0.15, 0.2) is 0 Å². The van der Waals surface area contributed by atoms with E-state index in [2.05, 4.69) is 49.8 Å². The maximum atomic E-state index is 2.20. The third kappa shape index (κ3) is 1.45. The molecule has 0 aliphatic carbocycles. The topological polar surface area (TPSA) is 0 Å². The first-order chi connectivity index (χ1) is 4.75. The van der Waals surface area contributed by atoms with E-state index in [1.807, 2.05) is 0 Å². The first-order valence-corrected chi connectivity index (χ1v) is 3.80. The molecule has 0 N–H and O–H groups in total. The maximum absolute atomic E-state index is 2.20. The second kappa shape index (κ2) is 3.28. The Balaban J connectivity index is 3.17. The fourth-order valence-electron chi connectivity index (χ4n) is 1.41. The van der Waals surface area contributed by atoms with Gasteiger partial charge in [-0.25, -0.2) is 0 Å². The second-order valence-electron chi connectivity index (χ2n) is 2.72. The van der Waals surface area contributed by atoms with Crippen LogP contribution in [0.4, 0.5) is 0 Å². The molecule has 0 aromatic heterocycles. The standard InChI is InChI=1S/C9H11.Li/c1-7-5-4-6-8(2)9(7)3;/h4-6H,3H2,1-2H3;. The van der Waals surface area contributed by atoms with Gasteiger partial charge in [-0.15, -0.1) is 0 Å². The van der Waals surface area contributed by atoms with Crippen molar-refractivity contribution in [3.05, 3.63) is 34.9 Å². The molecule has 0 aliphatic heterocycles. The number of hydrogen-bond donors (Lipinski definition) is 0. The zero-order valence-electron chi connectivity index (χ0n) is 6.94. The van der Waals surface area contributed by atoms with Gasteiger partial charge in [0.2, 0.25) is 0 Å². The van der Waals surface area contributed by atoms with Crippen LogP contribution >= 0.6 is 0 Å². The van der Waals surface area contributed by atoms with Crippen molar-refractivity contribution in [3.63, 3.8) is 0 Å². The van der Waals surface area contributed by atoms with Gasteiger partial charge in [-0.3, -0.25) is 0 Å². The molecule has 0 spiro atoms. The summed E-state index contributed by atoms with van der Waals surface area (Å²) in [6.45, 7) is 4.34. The van der Waals surface area contributed by atoms with E-state index in [1.165, 1.54) is 16.7 Å². The van der Waals surface area contributed by atoms with Crippen molar-refractivity contribution in [3.8, 4) is 0 Å². The molecule has 0 heterocycles. The van der Waals surface area contributed by atoms with Crippen LogP contribution in [-0.4, -0.2) is 17.7 Å². The minimum absolute atomic E-state index is 1.15. The number of rotatable bonds is 1. The Morgan fingerprint density at radius 2 is 1.70 bits per heavy atom. The van der Waals surface area contributed by atoms with Crippen LogP contribution in [0.3, 0.4) is 0 Å². The summed E-state index contributed by atoms with van der Waals surface area (Å²) in [4.78, 5) is 0. The number of aryl methyl sites for hydroxylation is 2. The van der Waals surface area contributed by atoms with Crippen LogP contribution in [0.1, 0.15) is 16.7 Å². The molecule has 1 rings (SSSR count). The van der Waals surface area contributed by atoms with Gasteiger partial charge < -0.3 is 0 Å². The molecule has 48 valence electrons. The first-order valence-electron chi connectivity index (χ1n) is 3.80. The molecule has 0 saturated heterocycles. The van der Waals surface area contributed by atoms with Crippen molar-refractivity contribution in [1.29, 1.82) is 0 Å². The van der Waals surface area contributed by atoms with E-state index in [0.717, 1.165) is 5.09 Å². The summed E-state index contributed by atoms with van der Waals surface area (Å²) in [6, 6.07) is 6.46. The van der Waals surface area contributed by atoms with Crippen LogP contribution in [0.15, 0.2) is 18.2 Å². The van der Waals surface area contributed by atoms with Crippen molar-refractivity contribution in [2.45, 2.75) is 18.9 Å². The molecule has 0 saturated carbocycles. The molecular formula is C9H11Li. The van der Waals surface area contributed by atoms with Gasteiger partial charge in [0.1, 0.15) is 0 Å². The summed E-state index contributed by atoms with van der Waals surface area (Å²) in [6.07, 6.45) is 0. The van der Waals surface area contributed by atoms with Crippen LogP contribution < -0.4 is 0 Å². The third-order valence-electron chi connectivity index (χ3n) is 2.00. The summed E-state index contributed by atoms with van der Waals surface area (Å²) < 4.78 is 0. The molecule has 0 bridgehead atoms. The predicted octanol–water partition coefficient (Wildman–Crippen LogP) is 1.97. The monoisotopic (exact) mass is 126 g/mol. The van der Waals surface area contributed by atoms with Crippen molar-refractivity contribution in [2.24, 2.45) is 0 Å². The van der Waals surface area contributed by atoms with Crippen molar-refractivity contribution >= 4 is 17.7 Å². The Bertz CT molecular complexity index is 208. The van der Waals surface area contributed by atoms with E-state index in [-0.39, 0.29) is 0 Å². The van der Waals surface area contributed by atoms with Gasteiger partial charge >= 0.3 is 71.5 Å². The summed E-state index contributed by atoms with van der Waals surface area (Å²) in [5.74, 6) is 0. The summed E-state index contributed by atoms with van der Waals surface area (Å²) in [5.41, 5.74) is 4.34. The quantitative estimate of drug-likeness (QED) is 0.504. The average Bonchev–Trinajstić information content (AvgIpc) is 1.88. The van der Waals surface area contributed by atoms with Crippen molar-refractivity contribution < 1.29 is 0 Å². The van der Waals surface area contributed by atoms with Crippen LogP contribution in [-0.2, 0) is 5.09 Å². The van der Waals surface area contributed by atoms with Crippen LogP contribution in [0.2, 0.25) is 0 Å². The molecule has 0 amide bonds. The fourth-order valence-corrected chi connectivity index (χ4v) is 1.41. The number of hydrogen-bond acceptors (Lipinski definition) is 0. The Hall–Kier alpha value is -0.183. The molecular weight excluding hydrogens is 115 g/mol. The second-order valence-corrected chi connectivity index (χ2v) is 2.72. The molecule has 1 aromatic rings. The van der Waals surface area contributed by atoms with E-state index in [9.17, 15) is 0 Å². The van der Waals surface area contributed by atoms with Crippen LogP contribution in [0.25, 0.3) is 0 Å². The van der Waals surface area contributed by atoms with Gasteiger partial charge in [0.05, 0.1) is 0 Å². The zero-order chi connectivity index (χ0) is 7.56. The van der Waals surface area contributed by atoms with E-state index in [0.29, 0.717) is 0 Å². The summed E-state index contributed by atoms with van der Waals surface area (Å²) in [7, 11) is 0. The first kappa shape index (κ1) is 7.92. The van der Waals surface area contributed by atoms with E-state index < -0.39 is 0 Å². The minimum atomic E-state index is 1.15. The Morgan fingerprint density at radius 3 is 2.00 bits per heavy atom. The molecule has 0 fully saturated rings. The Kier molecular flexibility index (Phi) is 2.60. The van der Waals surface area contributed by atoms with Crippen LogP contribution in [0, 0.1) is 13.8 Å². The normalized spacial score (nSPS) is 10.0. The Labute approximate surface area is 71.8 Å². The molecule has 0 radical (unpaired) electrons. The van der Waals surface area contributed by atoms with Gasteiger partial charge in [0.25, 0.3) is 0 Å². The van der Waals surface area contributed by atoms with Crippen molar-refractivity contribution in [1.82, 2.24) is 0 Å². The SMILES string of the molecule is [Li][CH2]c1c(C)cccc1C. The van der Waals surface area contributed by atoms with Gasteiger partial charge in [0, 0.05) is 0 Å². The fraction of sp³-hybridized carbons (Fsp3) is 0.333. The number of benzene rings is 1. The molecule has 10 heavy (non-hydrogen) atoms. The van der Waals surface area contributed by atoms with E-state index in [4.69, 9.17) is 0 Å². The predicted molar refractivity (Wildman–Crippen MR) is 45.4 cm³/mol. The summed E-state index contributed by atoms with van der Waals surface area (Å²) in [5, 5.41) is 1.15. The van der Waals surface area contributed by atoms with Gasteiger partial charge in [-0.2, -0.15) is 0 Å². The van der Waals surface area contributed by atoms with Crippen molar-refractivity contribution in [2.75, 3.05) is 0 Å². The molecule has 0 aliphatic rings. The third-order valence-corrected chi connectivity index (χ3v) is 2.00. The molecule has 1 heteroatoms. The molecule has 0 unspecified atom stereocenters. The van der Waals surface area contributed by atoms with E-state index in [1.54, 1.807) is 0 Å². The molecule has 0 atom stereocenters. The van der Waals surface area contributed by atoms with Gasteiger partial charge in [-0.1, -0.05) is 0 Å². The molecule has 1 aromatic carbocycles. The Morgan fingerprint density at radius 1 is 1.20 bits per heavy atom. The van der Waals surface area contributed by atoms with E-state index >= 15 is 0 Å². The van der Waals surface area contributed by atoms with Crippen LogP contribution in [0.5, 0.6) is 0 Å². The van der Waals surface area contributed by atoms with Gasteiger partial charge in [-0.05, 0) is 0 Å². The summed E-state index contributed by atoms with van der Waals surface area (Å²) >= 11 is 2.20. The molecule has 0 nitrogen and oxygen atoms in total.